The highest BCUT2D eigenvalue weighted by Crippen LogP contribution is 2.39. The van der Waals surface area contributed by atoms with Crippen molar-refractivity contribution in [2.24, 2.45) is 11.0 Å². The van der Waals surface area contributed by atoms with Crippen molar-refractivity contribution < 1.29 is 0 Å². The molecule has 2 nitrogen and oxygen atoms in total. The van der Waals surface area contributed by atoms with Gasteiger partial charge in [0.2, 0.25) is 0 Å². The molecule has 0 aliphatic heterocycles. The van der Waals surface area contributed by atoms with E-state index in [0.717, 1.165) is 6.42 Å². The molecule has 0 bridgehead atoms. The SMILES string of the molecule is CC1=C(C)C(CC(=NNC2CCCCC2)c2ccccc2)C(C)=C1C. The van der Waals surface area contributed by atoms with E-state index in [4.69, 9.17) is 5.10 Å². The monoisotopic (exact) mass is 336 g/mol. The Morgan fingerprint density at radius 1 is 0.920 bits per heavy atom. The summed E-state index contributed by atoms with van der Waals surface area (Å²) in [5.41, 5.74) is 11.9. The molecule has 0 amide bonds. The van der Waals surface area contributed by atoms with Crippen molar-refractivity contribution in [3.8, 4) is 0 Å². The largest absolute Gasteiger partial charge is 0.307 e. The van der Waals surface area contributed by atoms with Gasteiger partial charge in [-0.3, -0.25) is 0 Å². The lowest BCUT2D eigenvalue weighted by Gasteiger charge is -2.23. The smallest absolute Gasteiger partial charge is 0.0684 e. The van der Waals surface area contributed by atoms with Crippen molar-refractivity contribution in [2.45, 2.75) is 72.3 Å². The van der Waals surface area contributed by atoms with Crippen molar-refractivity contribution in [3.63, 3.8) is 0 Å². The fourth-order valence-electron chi connectivity index (χ4n) is 4.20. The normalized spacial score (nSPS) is 20.6. The Kier molecular flexibility index (Phi) is 5.78. The van der Waals surface area contributed by atoms with Crippen LogP contribution in [0.25, 0.3) is 0 Å². The average Bonchev–Trinajstić information content (AvgIpc) is 2.84. The van der Waals surface area contributed by atoms with Gasteiger partial charge in [-0.15, -0.1) is 0 Å². The van der Waals surface area contributed by atoms with Crippen LogP contribution in [-0.4, -0.2) is 11.8 Å². The molecule has 0 atom stereocenters. The fraction of sp³-hybridized carbons (Fsp3) is 0.522. The third-order valence-corrected chi connectivity index (χ3v) is 6.28. The van der Waals surface area contributed by atoms with Crippen molar-refractivity contribution in [1.29, 1.82) is 0 Å². The van der Waals surface area contributed by atoms with E-state index in [1.54, 1.807) is 0 Å². The number of hydrogen-bond donors (Lipinski definition) is 1. The molecule has 0 saturated heterocycles. The molecule has 2 aliphatic rings. The van der Waals surface area contributed by atoms with E-state index in [0.29, 0.717) is 12.0 Å². The van der Waals surface area contributed by atoms with Crippen molar-refractivity contribution in [1.82, 2.24) is 5.43 Å². The first-order valence-corrected chi connectivity index (χ1v) is 9.80. The maximum atomic E-state index is 4.92. The van der Waals surface area contributed by atoms with E-state index in [-0.39, 0.29) is 0 Å². The number of benzene rings is 1. The average molecular weight is 337 g/mol. The Morgan fingerprint density at radius 2 is 1.52 bits per heavy atom. The molecular formula is C23H32N2. The number of hydrogen-bond acceptors (Lipinski definition) is 2. The summed E-state index contributed by atoms with van der Waals surface area (Å²) < 4.78 is 0. The molecule has 25 heavy (non-hydrogen) atoms. The van der Waals surface area contributed by atoms with Crippen LogP contribution in [0, 0.1) is 5.92 Å². The van der Waals surface area contributed by atoms with Gasteiger partial charge in [-0.1, -0.05) is 60.7 Å². The van der Waals surface area contributed by atoms with Crippen LogP contribution in [0.5, 0.6) is 0 Å². The van der Waals surface area contributed by atoms with Crippen LogP contribution in [0.4, 0.5) is 0 Å². The van der Waals surface area contributed by atoms with Gasteiger partial charge in [0, 0.05) is 18.4 Å². The molecule has 3 rings (SSSR count). The summed E-state index contributed by atoms with van der Waals surface area (Å²) in [6.45, 7) is 9.09. The zero-order valence-electron chi connectivity index (χ0n) is 16.2. The second kappa shape index (κ2) is 8.03. The van der Waals surface area contributed by atoms with E-state index < -0.39 is 0 Å². The summed E-state index contributed by atoms with van der Waals surface area (Å²) in [4.78, 5) is 0. The van der Waals surface area contributed by atoms with Gasteiger partial charge >= 0.3 is 0 Å². The third kappa shape index (κ3) is 4.05. The van der Waals surface area contributed by atoms with Gasteiger partial charge in [0.1, 0.15) is 0 Å². The van der Waals surface area contributed by atoms with Crippen LogP contribution in [0.15, 0.2) is 57.7 Å². The van der Waals surface area contributed by atoms with Gasteiger partial charge in [-0.05, 0) is 57.2 Å². The summed E-state index contributed by atoms with van der Waals surface area (Å²) in [7, 11) is 0. The Balaban J connectivity index is 1.82. The van der Waals surface area contributed by atoms with Crippen LogP contribution in [0.1, 0.15) is 71.8 Å². The molecule has 0 radical (unpaired) electrons. The van der Waals surface area contributed by atoms with Gasteiger partial charge in [-0.25, -0.2) is 0 Å². The molecule has 0 heterocycles. The van der Waals surface area contributed by atoms with Crippen molar-refractivity contribution >= 4 is 5.71 Å². The number of nitrogens with zero attached hydrogens (tertiary/aromatic N) is 1. The summed E-state index contributed by atoms with van der Waals surface area (Å²) >= 11 is 0. The Labute approximate surface area is 153 Å². The number of nitrogens with one attached hydrogen (secondary N) is 1. The highest BCUT2D eigenvalue weighted by Gasteiger charge is 2.26. The Bertz CT molecular complexity index is 664. The number of rotatable bonds is 5. The van der Waals surface area contributed by atoms with Crippen LogP contribution in [0.2, 0.25) is 0 Å². The fourth-order valence-corrected chi connectivity index (χ4v) is 4.20. The summed E-state index contributed by atoms with van der Waals surface area (Å²) in [6.07, 6.45) is 7.53. The molecule has 2 aliphatic carbocycles. The highest BCUT2D eigenvalue weighted by atomic mass is 15.3. The third-order valence-electron chi connectivity index (χ3n) is 6.28. The van der Waals surface area contributed by atoms with Crippen LogP contribution >= 0.6 is 0 Å². The van der Waals surface area contributed by atoms with E-state index in [9.17, 15) is 0 Å². The molecule has 1 fully saturated rings. The zero-order chi connectivity index (χ0) is 17.8. The minimum Gasteiger partial charge on any atom is -0.307 e. The molecule has 134 valence electrons. The molecular weight excluding hydrogens is 304 g/mol. The molecule has 2 heteroatoms. The maximum Gasteiger partial charge on any atom is 0.0684 e. The molecule has 0 unspecified atom stereocenters. The molecule has 1 saturated carbocycles. The molecule has 1 aromatic rings. The minimum absolute atomic E-state index is 0.493. The first-order valence-electron chi connectivity index (χ1n) is 9.80. The first kappa shape index (κ1) is 18.0. The van der Waals surface area contributed by atoms with Crippen molar-refractivity contribution in [3.05, 3.63) is 58.2 Å². The lowest BCUT2D eigenvalue weighted by molar-refractivity contribution is 0.380. The quantitative estimate of drug-likeness (QED) is 0.517. The van der Waals surface area contributed by atoms with Gasteiger partial charge < -0.3 is 5.43 Å². The zero-order valence-corrected chi connectivity index (χ0v) is 16.2. The number of hydrazone groups is 1. The van der Waals surface area contributed by atoms with Gasteiger partial charge in [0.15, 0.2) is 0 Å². The Hall–Kier alpha value is -1.83. The maximum absolute atomic E-state index is 4.92. The van der Waals surface area contributed by atoms with Gasteiger partial charge in [0.05, 0.1) is 5.71 Å². The standard InChI is InChI=1S/C23H32N2/c1-16-17(2)19(4)22(18(16)3)15-23(20-11-7-5-8-12-20)25-24-21-13-9-6-10-14-21/h5,7-8,11-12,21-22,24H,6,9-10,13-15H2,1-4H3. The van der Waals surface area contributed by atoms with Crippen LogP contribution in [0.3, 0.4) is 0 Å². The van der Waals surface area contributed by atoms with Gasteiger partial charge in [-0.2, -0.15) is 5.10 Å². The summed E-state index contributed by atoms with van der Waals surface area (Å²) in [5.74, 6) is 0.493. The number of allylic oxidation sites excluding steroid dienone is 4. The first-order chi connectivity index (χ1) is 12.1. The highest BCUT2D eigenvalue weighted by molar-refractivity contribution is 6.01. The Morgan fingerprint density at radius 3 is 2.12 bits per heavy atom. The lowest BCUT2D eigenvalue weighted by Crippen LogP contribution is -2.28. The minimum atomic E-state index is 0.493. The second-order valence-electron chi connectivity index (χ2n) is 7.76. The van der Waals surface area contributed by atoms with E-state index in [1.165, 1.54) is 65.7 Å². The summed E-state index contributed by atoms with van der Waals surface area (Å²) in [5, 5.41) is 4.92. The van der Waals surface area contributed by atoms with Gasteiger partial charge in [0.25, 0.3) is 0 Å². The molecule has 0 spiro atoms. The van der Waals surface area contributed by atoms with Crippen LogP contribution in [-0.2, 0) is 0 Å². The summed E-state index contributed by atoms with van der Waals surface area (Å²) in [6, 6.07) is 11.2. The van der Waals surface area contributed by atoms with E-state index in [2.05, 4.69) is 63.5 Å². The molecule has 1 aromatic carbocycles. The molecule has 0 aromatic heterocycles. The predicted molar refractivity (Wildman–Crippen MR) is 108 cm³/mol. The topological polar surface area (TPSA) is 24.4 Å². The van der Waals surface area contributed by atoms with E-state index in [1.807, 2.05) is 0 Å². The van der Waals surface area contributed by atoms with E-state index >= 15 is 0 Å². The molecule has 1 N–H and O–H groups in total. The second-order valence-corrected chi connectivity index (χ2v) is 7.76. The lowest BCUT2D eigenvalue weighted by atomic mass is 9.89. The van der Waals surface area contributed by atoms with Crippen molar-refractivity contribution in [2.75, 3.05) is 0 Å². The van der Waals surface area contributed by atoms with Crippen LogP contribution < -0.4 is 5.43 Å². The predicted octanol–water partition coefficient (Wildman–Crippen LogP) is 6.01.